The Labute approximate surface area is 207 Å². The van der Waals surface area contributed by atoms with Gasteiger partial charge in [-0.15, -0.1) is 0 Å². The molecule has 190 valence electrons. The minimum absolute atomic E-state index is 0.0320. The molecule has 1 aliphatic heterocycles. The zero-order valence-electron chi connectivity index (χ0n) is 20.2. The Morgan fingerprint density at radius 3 is 2.25 bits per heavy atom. The van der Waals surface area contributed by atoms with E-state index >= 15 is 0 Å². The molecule has 1 atom stereocenters. The predicted octanol–water partition coefficient (Wildman–Crippen LogP) is 4.45. The molecule has 4 rings (SSSR count). The number of alkyl halides is 3. The molecule has 0 bridgehead atoms. The minimum Gasteiger partial charge on any atom is -0.497 e. The first kappa shape index (κ1) is 25.5. The Hall–Kier alpha value is -3.62. The number of halogens is 3. The Morgan fingerprint density at radius 1 is 1.03 bits per heavy atom. The van der Waals surface area contributed by atoms with Crippen LogP contribution in [-0.4, -0.2) is 47.9 Å². The third kappa shape index (κ3) is 4.38. The van der Waals surface area contributed by atoms with Crippen LogP contribution in [-0.2, 0) is 16.0 Å². The largest absolute Gasteiger partial charge is 0.497 e. The highest BCUT2D eigenvalue weighted by Crippen LogP contribution is 2.51. The van der Waals surface area contributed by atoms with Crippen molar-refractivity contribution in [1.82, 2.24) is 10.2 Å². The molecule has 1 aliphatic carbocycles. The number of Topliss-reactive ketones (excluding diaryl/α,β-unsaturated/α-hetero) is 1. The number of rotatable bonds is 6. The van der Waals surface area contributed by atoms with E-state index in [1.165, 1.54) is 31.4 Å². The van der Waals surface area contributed by atoms with Gasteiger partial charge < -0.3 is 15.0 Å². The van der Waals surface area contributed by atoms with Crippen molar-refractivity contribution in [1.29, 1.82) is 0 Å². The summed E-state index contributed by atoms with van der Waals surface area (Å²) in [6, 6.07) is 14.5. The summed E-state index contributed by atoms with van der Waals surface area (Å²) in [5, 5.41) is 1.95. The van der Waals surface area contributed by atoms with Crippen molar-refractivity contribution < 1.29 is 32.3 Å². The molecule has 0 saturated carbocycles. The minimum atomic E-state index is -5.24. The second-order valence-electron chi connectivity index (χ2n) is 9.89. The van der Waals surface area contributed by atoms with E-state index in [1.54, 1.807) is 26.0 Å². The van der Waals surface area contributed by atoms with Crippen LogP contribution in [0.5, 0.6) is 5.75 Å². The zero-order valence-corrected chi connectivity index (χ0v) is 20.2. The fourth-order valence-electron chi connectivity index (χ4n) is 4.93. The number of amides is 2. The number of ketones is 1. The Kier molecular flexibility index (Phi) is 6.45. The second kappa shape index (κ2) is 9.11. The number of methoxy groups -OCH3 is 1. The van der Waals surface area contributed by atoms with Crippen molar-refractivity contribution in [3.05, 3.63) is 77.0 Å². The summed E-state index contributed by atoms with van der Waals surface area (Å²) in [5.74, 6) is -2.85. The first-order valence-electron chi connectivity index (χ1n) is 11.6. The van der Waals surface area contributed by atoms with Crippen molar-refractivity contribution in [2.45, 2.75) is 44.8 Å². The molecule has 2 aliphatic rings. The number of allylic oxidation sites excluding steroid dienone is 1. The first-order valence-corrected chi connectivity index (χ1v) is 11.6. The van der Waals surface area contributed by atoms with Crippen molar-refractivity contribution in [2.24, 2.45) is 5.41 Å². The molecule has 0 radical (unpaired) electrons. The number of benzene rings is 2. The monoisotopic (exact) mass is 500 g/mol. The van der Waals surface area contributed by atoms with Gasteiger partial charge >= 0.3 is 6.18 Å². The molecule has 0 aromatic heterocycles. The molecule has 0 fully saturated rings. The third-order valence-electron chi connectivity index (χ3n) is 6.66. The van der Waals surface area contributed by atoms with Gasteiger partial charge in [-0.3, -0.25) is 14.4 Å². The number of nitrogens with zero attached hydrogens (tertiary/aromatic N) is 1. The first-order chi connectivity index (χ1) is 16.9. The molecule has 9 heteroatoms. The summed E-state index contributed by atoms with van der Waals surface area (Å²) >= 11 is 0. The molecule has 36 heavy (non-hydrogen) atoms. The summed E-state index contributed by atoms with van der Waals surface area (Å²) in [5.41, 5.74) is -3.99. The maximum atomic E-state index is 14.9. The van der Waals surface area contributed by atoms with Gasteiger partial charge in [-0.05, 0) is 48.1 Å². The highest BCUT2D eigenvalue weighted by molar-refractivity contribution is 6.14. The Bertz CT molecular complexity index is 1220. The highest BCUT2D eigenvalue weighted by Gasteiger charge is 2.71. The molecule has 2 aromatic carbocycles. The van der Waals surface area contributed by atoms with Gasteiger partial charge in [0, 0.05) is 24.2 Å². The maximum Gasteiger partial charge on any atom is 0.425 e. The molecule has 1 N–H and O–H groups in total. The smallest absolute Gasteiger partial charge is 0.425 e. The number of carbonyl (C=O) groups excluding carboxylic acids is 3. The van der Waals surface area contributed by atoms with Crippen LogP contribution in [0.15, 0.2) is 65.9 Å². The van der Waals surface area contributed by atoms with E-state index in [0.29, 0.717) is 12.2 Å². The van der Waals surface area contributed by atoms with Gasteiger partial charge in [-0.1, -0.05) is 44.2 Å². The molecule has 2 amide bonds. The maximum absolute atomic E-state index is 14.9. The number of nitrogens with one attached hydrogen (secondary N) is 1. The van der Waals surface area contributed by atoms with Crippen molar-refractivity contribution in [2.75, 3.05) is 13.7 Å². The summed E-state index contributed by atoms with van der Waals surface area (Å²) in [4.78, 5) is 41.0. The van der Waals surface area contributed by atoms with Crippen LogP contribution in [0, 0.1) is 5.41 Å². The molecule has 1 unspecified atom stereocenters. The van der Waals surface area contributed by atoms with E-state index < -0.39 is 40.3 Å². The Balaban J connectivity index is 1.79. The van der Waals surface area contributed by atoms with E-state index in [1.807, 2.05) is 23.5 Å². The lowest BCUT2D eigenvalue weighted by Gasteiger charge is -2.35. The summed E-state index contributed by atoms with van der Waals surface area (Å²) in [6.45, 7) is 3.50. The summed E-state index contributed by atoms with van der Waals surface area (Å²) in [6.07, 6.45) is -5.02. The van der Waals surface area contributed by atoms with Gasteiger partial charge in [0.15, 0.2) is 5.78 Å². The third-order valence-corrected chi connectivity index (χ3v) is 6.66. The standard InChI is InChI=1S/C27H27F3N2O4/c1-25(2)15-20-22(21(33)16-25)26(27(28,29)30,31-23(34)18-9-11-19(36-3)12-10-18)24(35)32(20)14-13-17-7-5-4-6-8-17/h4-12H,13-16H2,1-3H3,(H,31,34). The van der Waals surface area contributed by atoms with Crippen LogP contribution < -0.4 is 10.1 Å². The molecule has 6 nitrogen and oxygen atoms in total. The molecular formula is C27H27F3N2O4. The van der Waals surface area contributed by atoms with E-state index in [2.05, 4.69) is 0 Å². The van der Waals surface area contributed by atoms with Gasteiger partial charge in [0.1, 0.15) is 5.75 Å². The highest BCUT2D eigenvalue weighted by atomic mass is 19.4. The number of carbonyl (C=O) groups is 3. The number of hydrogen-bond donors (Lipinski definition) is 1. The second-order valence-corrected chi connectivity index (χ2v) is 9.89. The molecular weight excluding hydrogens is 473 g/mol. The number of hydrogen-bond acceptors (Lipinski definition) is 4. The van der Waals surface area contributed by atoms with Gasteiger partial charge in [0.05, 0.1) is 12.7 Å². The lowest BCUT2D eigenvalue weighted by atomic mass is 9.72. The van der Waals surface area contributed by atoms with E-state index in [0.717, 1.165) is 10.5 Å². The lowest BCUT2D eigenvalue weighted by molar-refractivity contribution is -0.190. The zero-order chi connectivity index (χ0) is 26.3. The summed E-state index contributed by atoms with van der Waals surface area (Å²) < 4.78 is 49.6. The normalized spacial score (nSPS) is 21.4. The van der Waals surface area contributed by atoms with Crippen LogP contribution in [0.4, 0.5) is 13.2 Å². The van der Waals surface area contributed by atoms with Crippen molar-refractivity contribution in [3.63, 3.8) is 0 Å². The van der Waals surface area contributed by atoms with Crippen molar-refractivity contribution >= 4 is 17.6 Å². The quantitative estimate of drug-likeness (QED) is 0.636. The van der Waals surface area contributed by atoms with Crippen molar-refractivity contribution in [3.8, 4) is 5.75 Å². The predicted molar refractivity (Wildman–Crippen MR) is 126 cm³/mol. The van der Waals surface area contributed by atoms with Gasteiger partial charge in [0.2, 0.25) is 5.54 Å². The van der Waals surface area contributed by atoms with E-state index in [9.17, 15) is 27.6 Å². The van der Waals surface area contributed by atoms with Gasteiger partial charge in [-0.25, -0.2) is 0 Å². The topological polar surface area (TPSA) is 75.7 Å². The molecule has 1 heterocycles. The molecule has 0 spiro atoms. The average Bonchev–Trinajstić information content (AvgIpc) is 3.05. The fraction of sp³-hybridized carbons (Fsp3) is 0.370. The SMILES string of the molecule is COc1ccc(C(=O)NC2(C(F)(F)F)C(=O)N(CCc3ccccc3)C3=C2C(=O)CC(C)(C)C3)cc1. The molecule has 0 saturated heterocycles. The summed E-state index contributed by atoms with van der Waals surface area (Å²) in [7, 11) is 1.42. The van der Waals surface area contributed by atoms with Gasteiger partial charge in [-0.2, -0.15) is 13.2 Å². The fourth-order valence-corrected chi connectivity index (χ4v) is 4.93. The lowest BCUT2D eigenvalue weighted by Crippen LogP contribution is -2.66. The van der Waals surface area contributed by atoms with Crippen LogP contribution in [0.1, 0.15) is 42.6 Å². The molecule has 2 aromatic rings. The van der Waals surface area contributed by atoms with Crippen LogP contribution >= 0.6 is 0 Å². The van der Waals surface area contributed by atoms with Gasteiger partial charge in [0.25, 0.3) is 11.8 Å². The van der Waals surface area contributed by atoms with E-state index in [-0.39, 0.29) is 30.6 Å². The van der Waals surface area contributed by atoms with Crippen LogP contribution in [0.25, 0.3) is 0 Å². The average molecular weight is 501 g/mol. The van der Waals surface area contributed by atoms with Crippen LogP contribution in [0.2, 0.25) is 0 Å². The van der Waals surface area contributed by atoms with Crippen LogP contribution in [0.3, 0.4) is 0 Å². The Morgan fingerprint density at radius 2 is 1.67 bits per heavy atom. The number of ether oxygens (including phenoxy) is 1. The van der Waals surface area contributed by atoms with E-state index in [4.69, 9.17) is 4.74 Å².